The van der Waals surface area contributed by atoms with E-state index in [0.717, 1.165) is 22.4 Å². The molecule has 0 saturated heterocycles. The van der Waals surface area contributed by atoms with Crippen LogP contribution in [-0.4, -0.2) is 22.0 Å². The van der Waals surface area contributed by atoms with Crippen molar-refractivity contribution < 1.29 is 14.7 Å². The maximum atomic E-state index is 12.4. The van der Waals surface area contributed by atoms with Crippen molar-refractivity contribution in [3.63, 3.8) is 0 Å². The van der Waals surface area contributed by atoms with E-state index in [4.69, 9.17) is 5.11 Å². The molecule has 0 spiro atoms. The van der Waals surface area contributed by atoms with E-state index < -0.39 is 5.97 Å². The number of benzene rings is 1. The number of carbonyl (C=O) groups is 2. The Hall–Kier alpha value is -2.95. The van der Waals surface area contributed by atoms with E-state index in [-0.39, 0.29) is 12.3 Å². The van der Waals surface area contributed by atoms with Gasteiger partial charge < -0.3 is 10.4 Å². The Morgan fingerprint density at radius 1 is 1.17 bits per heavy atom. The molecule has 23 heavy (non-hydrogen) atoms. The fourth-order valence-corrected chi connectivity index (χ4v) is 2.69. The number of hydrogen-bond donors (Lipinski definition) is 2. The van der Waals surface area contributed by atoms with E-state index in [1.165, 1.54) is 0 Å². The second-order valence-corrected chi connectivity index (χ2v) is 5.32. The number of para-hydroxylation sites is 1. The van der Waals surface area contributed by atoms with Gasteiger partial charge in [-0.25, -0.2) is 0 Å². The highest BCUT2D eigenvalue weighted by Crippen LogP contribution is 2.34. The van der Waals surface area contributed by atoms with Crippen LogP contribution >= 0.6 is 0 Å². The fourth-order valence-electron chi connectivity index (χ4n) is 2.69. The second-order valence-electron chi connectivity index (χ2n) is 5.32. The number of nitrogens with one attached hydrogen (secondary N) is 1. The standard InChI is InChI=1S/C18H16N2O3/c21-17(22)8-4-2-5-12-13-6-1-3-7-16(13)20-18(23)14-9-10-19-11-15(12)14/h1,3,5-7,9-11H,2,4,8H2,(H,20,23)(H,21,22)/b12-5-. The number of rotatable bonds is 4. The summed E-state index contributed by atoms with van der Waals surface area (Å²) in [7, 11) is 0. The molecule has 2 aromatic rings. The summed E-state index contributed by atoms with van der Waals surface area (Å²) in [5.74, 6) is -0.965. The topological polar surface area (TPSA) is 79.3 Å². The number of nitrogens with zero attached hydrogens (tertiary/aromatic N) is 1. The van der Waals surface area contributed by atoms with E-state index in [0.29, 0.717) is 18.4 Å². The third kappa shape index (κ3) is 3.13. The van der Waals surface area contributed by atoms with Gasteiger partial charge in [-0.3, -0.25) is 14.6 Å². The van der Waals surface area contributed by atoms with Crippen molar-refractivity contribution in [1.82, 2.24) is 4.98 Å². The molecule has 0 bridgehead atoms. The number of aromatic nitrogens is 1. The molecule has 1 amide bonds. The van der Waals surface area contributed by atoms with E-state index in [1.54, 1.807) is 18.5 Å². The average molecular weight is 308 g/mol. The van der Waals surface area contributed by atoms with Gasteiger partial charge in [-0.15, -0.1) is 0 Å². The first-order chi connectivity index (χ1) is 11.2. The third-order valence-corrected chi connectivity index (χ3v) is 3.76. The third-order valence-electron chi connectivity index (χ3n) is 3.76. The van der Waals surface area contributed by atoms with Crippen molar-refractivity contribution in [2.24, 2.45) is 0 Å². The molecule has 2 heterocycles. The van der Waals surface area contributed by atoms with Crippen LogP contribution in [0.5, 0.6) is 0 Å². The van der Waals surface area contributed by atoms with Gasteiger partial charge in [0.25, 0.3) is 5.91 Å². The Bertz CT molecular complexity index is 796. The number of unbranched alkanes of at least 4 members (excludes halogenated alkanes) is 1. The lowest BCUT2D eigenvalue weighted by molar-refractivity contribution is -0.137. The lowest BCUT2D eigenvalue weighted by atomic mass is 9.94. The molecule has 0 fully saturated rings. The Labute approximate surface area is 133 Å². The van der Waals surface area contributed by atoms with Gasteiger partial charge in [0.05, 0.1) is 5.56 Å². The first kappa shape index (κ1) is 15.0. The molecule has 1 aliphatic rings. The van der Waals surface area contributed by atoms with Crippen LogP contribution in [0.2, 0.25) is 0 Å². The minimum absolute atomic E-state index is 0.127. The van der Waals surface area contributed by atoms with Gasteiger partial charge in [-0.1, -0.05) is 24.3 Å². The first-order valence-corrected chi connectivity index (χ1v) is 7.44. The van der Waals surface area contributed by atoms with Crippen LogP contribution in [0.15, 0.2) is 48.8 Å². The van der Waals surface area contributed by atoms with Crippen LogP contribution in [0.4, 0.5) is 5.69 Å². The van der Waals surface area contributed by atoms with E-state index in [2.05, 4.69) is 10.3 Å². The Morgan fingerprint density at radius 2 is 2.00 bits per heavy atom. The molecule has 116 valence electrons. The van der Waals surface area contributed by atoms with Crippen molar-refractivity contribution >= 4 is 23.1 Å². The van der Waals surface area contributed by atoms with Gasteiger partial charge in [0.15, 0.2) is 0 Å². The number of pyridine rings is 1. The summed E-state index contributed by atoms with van der Waals surface area (Å²) < 4.78 is 0. The Morgan fingerprint density at radius 3 is 2.83 bits per heavy atom. The molecular formula is C18H16N2O3. The molecule has 5 nitrogen and oxygen atoms in total. The van der Waals surface area contributed by atoms with E-state index in [1.807, 2.05) is 30.3 Å². The number of anilines is 1. The average Bonchev–Trinajstić information content (AvgIpc) is 2.66. The lowest BCUT2D eigenvalue weighted by Crippen LogP contribution is -2.11. The number of hydrogen-bond acceptors (Lipinski definition) is 3. The predicted octanol–water partition coefficient (Wildman–Crippen LogP) is 3.33. The monoisotopic (exact) mass is 308 g/mol. The number of allylic oxidation sites excluding steroid dienone is 1. The number of fused-ring (bicyclic) bond motifs is 2. The van der Waals surface area contributed by atoms with Gasteiger partial charge in [0, 0.05) is 35.6 Å². The van der Waals surface area contributed by atoms with Gasteiger partial charge in [0.1, 0.15) is 0 Å². The summed E-state index contributed by atoms with van der Waals surface area (Å²) in [5.41, 5.74) is 3.92. The molecule has 0 aliphatic carbocycles. The molecular weight excluding hydrogens is 292 g/mol. The molecule has 1 aromatic heterocycles. The van der Waals surface area contributed by atoms with Crippen molar-refractivity contribution in [2.45, 2.75) is 19.3 Å². The largest absolute Gasteiger partial charge is 0.481 e. The number of carboxylic acids is 1. The summed E-state index contributed by atoms with van der Waals surface area (Å²) in [6.45, 7) is 0. The van der Waals surface area contributed by atoms with Crippen LogP contribution in [0, 0.1) is 0 Å². The Kier molecular flexibility index (Phi) is 4.19. The molecule has 5 heteroatoms. The summed E-state index contributed by atoms with van der Waals surface area (Å²) in [4.78, 5) is 27.2. The van der Waals surface area contributed by atoms with Crippen molar-refractivity contribution in [1.29, 1.82) is 0 Å². The summed E-state index contributed by atoms with van der Waals surface area (Å²) in [6, 6.07) is 9.28. The summed E-state index contributed by atoms with van der Waals surface area (Å²) in [5, 5.41) is 11.7. The quantitative estimate of drug-likeness (QED) is 0.849. The highest BCUT2D eigenvalue weighted by molar-refractivity contribution is 6.12. The van der Waals surface area contributed by atoms with Gasteiger partial charge in [-0.05, 0) is 30.5 Å². The smallest absolute Gasteiger partial charge is 0.303 e. The molecule has 0 unspecified atom stereocenters. The SMILES string of the molecule is O=C(O)CCC/C=C1/c2ccccc2NC(=O)c2ccncc21. The minimum atomic E-state index is -0.802. The Balaban J connectivity index is 2.05. The lowest BCUT2D eigenvalue weighted by Gasteiger charge is -2.10. The van der Waals surface area contributed by atoms with E-state index in [9.17, 15) is 9.59 Å². The zero-order chi connectivity index (χ0) is 16.2. The number of carbonyl (C=O) groups excluding carboxylic acids is 1. The van der Waals surface area contributed by atoms with Gasteiger partial charge >= 0.3 is 5.97 Å². The molecule has 1 aromatic carbocycles. The van der Waals surface area contributed by atoms with Crippen molar-refractivity contribution in [3.05, 3.63) is 65.5 Å². The van der Waals surface area contributed by atoms with Crippen LogP contribution in [0.1, 0.15) is 40.7 Å². The molecule has 3 rings (SSSR count). The van der Waals surface area contributed by atoms with Crippen LogP contribution < -0.4 is 5.32 Å². The molecule has 2 N–H and O–H groups in total. The molecule has 0 radical (unpaired) electrons. The van der Waals surface area contributed by atoms with E-state index >= 15 is 0 Å². The zero-order valence-corrected chi connectivity index (χ0v) is 12.5. The zero-order valence-electron chi connectivity index (χ0n) is 12.5. The highest BCUT2D eigenvalue weighted by Gasteiger charge is 2.22. The summed E-state index contributed by atoms with van der Waals surface area (Å²) >= 11 is 0. The molecule has 0 atom stereocenters. The van der Waals surface area contributed by atoms with Crippen molar-refractivity contribution in [2.75, 3.05) is 5.32 Å². The number of amides is 1. The van der Waals surface area contributed by atoms with Crippen molar-refractivity contribution in [3.8, 4) is 0 Å². The van der Waals surface area contributed by atoms with Crippen LogP contribution in [0.25, 0.3) is 5.57 Å². The molecule has 1 aliphatic heterocycles. The predicted molar refractivity (Wildman–Crippen MR) is 87.2 cm³/mol. The fraction of sp³-hybridized carbons (Fsp3) is 0.167. The normalized spacial score (nSPS) is 14.6. The highest BCUT2D eigenvalue weighted by atomic mass is 16.4. The maximum Gasteiger partial charge on any atom is 0.303 e. The molecule has 0 saturated carbocycles. The number of carboxylic acid groups (broad SMARTS) is 1. The van der Waals surface area contributed by atoms with Crippen LogP contribution in [0.3, 0.4) is 0 Å². The minimum Gasteiger partial charge on any atom is -0.481 e. The van der Waals surface area contributed by atoms with Gasteiger partial charge in [-0.2, -0.15) is 0 Å². The first-order valence-electron chi connectivity index (χ1n) is 7.44. The van der Waals surface area contributed by atoms with Gasteiger partial charge in [0.2, 0.25) is 0 Å². The second kappa shape index (κ2) is 6.44. The van der Waals surface area contributed by atoms with Crippen LogP contribution in [-0.2, 0) is 4.79 Å². The maximum absolute atomic E-state index is 12.4. The number of aliphatic carboxylic acids is 1. The summed E-state index contributed by atoms with van der Waals surface area (Å²) in [6.07, 6.45) is 6.57.